The molecule has 0 saturated carbocycles. The van der Waals surface area contributed by atoms with Crippen molar-refractivity contribution in [3.63, 3.8) is 0 Å². The molecule has 0 bridgehead atoms. The summed E-state index contributed by atoms with van der Waals surface area (Å²) in [6, 6.07) is 6.35. The highest BCUT2D eigenvalue weighted by atomic mass is 35.5. The Balaban J connectivity index is 2.31. The molecule has 10 heteroatoms. The lowest BCUT2D eigenvalue weighted by Crippen LogP contribution is -2.04. The minimum atomic E-state index is -4.53. The Labute approximate surface area is 138 Å². The van der Waals surface area contributed by atoms with Crippen molar-refractivity contribution in [3.05, 3.63) is 62.7 Å². The SMILES string of the molecule is NOCc1cc(Oc2ccc(C(F)(F)F)cc2Cl)ccc1[N+](=O)[O-]. The maximum Gasteiger partial charge on any atom is 0.416 e. The van der Waals surface area contributed by atoms with Gasteiger partial charge in [0, 0.05) is 6.07 Å². The van der Waals surface area contributed by atoms with Gasteiger partial charge >= 0.3 is 6.18 Å². The smallest absolute Gasteiger partial charge is 0.416 e. The van der Waals surface area contributed by atoms with E-state index in [1.165, 1.54) is 18.2 Å². The van der Waals surface area contributed by atoms with Crippen molar-refractivity contribution in [2.75, 3.05) is 0 Å². The van der Waals surface area contributed by atoms with Gasteiger partial charge in [0.05, 0.1) is 27.7 Å². The number of rotatable bonds is 5. The van der Waals surface area contributed by atoms with Crippen LogP contribution in [0.4, 0.5) is 18.9 Å². The predicted octanol–water partition coefficient (Wildman–Crippen LogP) is 4.45. The van der Waals surface area contributed by atoms with Crippen molar-refractivity contribution in [1.82, 2.24) is 0 Å². The van der Waals surface area contributed by atoms with Crippen LogP contribution < -0.4 is 10.6 Å². The lowest BCUT2D eigenvalue weighted by Gasteiger charge is -2.12. The number of nitro groups is 1. The van der Waals surface area contributed by atoms with E-state index in [0.717, 1.165) is 18.2 Å². The number of nitrogens with zero attached hydrogens (tertiary/aromatic N) is 1. The maximum atomic E-state index is 12.6. The highest BCUT2D eigenvalue weighted by Gasteiger charge is 2.31. The number of nitro benzene ring substituents is 1. The minimum absolute atomic E-state index is 0.0295. The van der Waals surface area contributed by atoms with E-state index in [-0.39, 0.29) is 34.4 Å². The summed E-state index contributed by atoms with van der Waals surface area (Å²) in [4.78, 5) is 14.7. The topological polar surface area (TPSA) is 87.6 Å². The average molecular weight is 363 g/mol. The lowest BCUT2D eigenvalue weighted by molar-refractivity contribution is -0.386. The fourth-order valence-corrected chi connectivity index (χ4v) is 2.11. The maximum absolute atomic E-state index is 12.6. The molecular weight excluding hydrogens is 353 g/mol. The van der Waals surface area contributed by atoms with Crippen LogP contribution in [0.1, 0.15) is 11.1 Å². The first-order valence-corrected chi connectivity index (χ1v) is 6.73. The minimum Gasteiger partial charge on any atom is -0.456 e. The van der Waals surface area contributed by atoms with Gasteiger partial charge in [0.25, 0.3) is 5.69 Å². The Morgan fingerprint density at radius 3 is 2.46 bits per heavy atom. The molecule has 0 radical (unpaired) electrons. The van der Waals surface area contributed by atoms with Crippen LogP contribution in [0.3, 0.4) is 0 Å². The van der Waals surface area contributed by atoms with Crippen molar-refractivity contribution in [2.45, 2.75) is 12.8 Å². The highest BCUT2D eigenvalue weighted by molar-refractivity contribution is 6.32. The van der Waals surface area contributed by atoms with Crippen LogP contribution in [-0.4, -0.2) is 4.92 Å². The van der Waals surface area contributed by atoms with Crippen LogP contribution in [0.5, 0.6) is 11.5 Å². The number of hydrogen-bond donors (Lipinski definition) is 1. The normalized spacial score (nSPS) is 11.4. The monoisotopic (exact) mass is 362 g/mol. The van der Waals surface area contributed by atoms with E-state index in [9.17, 15) is 23.3 Å². The molecule has 0 heterocycles. The summed E-state index contributed by atoms with van der Waals surface area (Å²) in [6.45, 7) is -0.242. The van der Waals surface area contributed by atoms with E-state index in [0.29, 0.717) is 0 Å². The van der Waals surface area contributed by atoms with Crippen molar-refractivity contribution in [1.29, 1.82) is 0 Å². The van der Waals surface area contributed by atoms with E-state index in [2.05, 4.69) is 4.84 Å². The quantitative estimate of drug-likeness (QED) is 0.627. The number of halogens is 4. The van der Waals surface area contributed by atoms with Gasteiger partial charge in [0.1, 0.15) is 11.5 Å². The molecule has 2 aromatic carbocycles. The van der Waals surface area contributed by atoms with E-state index in [1.54, 1.807) is 0 Å². The fraction of sp³-hybridized carbons (Fsp3) is 0.143. The molecule has 0 aliphatic carbocycles. The Morgan fingerprint density at radius 1 is 1.21 bits per heavy atom. The summed E-state index contributed by atoms with van der Waals surface area (Å²) < 4.78 is 43.2. The van der Waals surface area contributed by atoms with Gasteiger partial charge in [-0.25, -0.2) is 5.90 Å². The summed E-state index contributed by atoms with van der Waals surface area (Å²) in [5.74, 6) is 5.03. The summed E-state index contributed by atoms with van der Waals surface area (Å²) in [5.41, 5.74) is -1.00. The largest absolute Gasteiger partial charge is 0.456 e. The number of ether oxygens (including phenoxy) is 1. The molecule has 2 aromatic rings. The summed E-state index contributed by atoms with van der Waals surface area (Å²) in [5, 5.41) is 10.6. The first kappa shape index (κ1) is 18.0. The first-order chi connectivity index (χ1) is 11.2. The van der Waals surface area contributed by atoms with Crippen molar-refractivity contribution in [3.8, 4) is 11.5 Å². The fourth-order valence-electron chi connectivity index (χ4n) is 1.90. The number of benzene rings is 2. The van der Waals surface area contributed by atoms with Crippen LogP contribution in [0.15, 0.2) is 36.4 Å². The molecule has 0 aliphatic heterocycles. The van der Waals surface area contributed by atoms with Gasteiger partial charge in [-0.15, -0.1) is 0 Å². The number of hydrogen-bond acceptors (Lipinski definition) is 5. The van der Waals surface area contributed by atoms with Crippen LogP contribution in [0, 0.1) is 10.1 Å². The highest BCUT2D eigenvalue weighted by Crippen LogP contribution is 2.37. The molecule has 0 atom stereocenters. The molecule has 128 valence electrons. The van der Waals surface area contributed by atoms with Crippen LogP contribution >= 0.6 is 11.6 Å². The second kappa shape index (κ2) is 7.04. The summed E-state index contributed by atoms with van der Waals surface area (Å²) in [7, 11) is 0. The van der Waals surface area contributed by atoms with Gasteiger partial charge in [-0.1, -0.05) is 11.6 Å². The Hall–Kier alpha value is -2.36. The van der Waals surface area contributed by atoms with E-state index >= 15 is 0 Å². The Kier molecular flexibility index (Phi) is 5.27. The molecule has 24 heavy (non-hydrogen) atoms. The molecule has 0 spiro atoms. The summed E-state index contributed by atoms with van der Waals surface area (Å²) in [6.07, 6.45) is -4.53. The van der Waals surface area contributed by atoms with Gasteiger partial charge in [0.2, 0.25) is 0 Å². The molecule has 2 N–H and O–H groups in total. The van der Waals surface area contributed by atoms with Crippen molar-refractivity contribution < 1.29 is 27.7 Å². The van der Waals surface area contributed by atoms with Gasteiger partial charge in [-0.2, -0.15) is 13.2 Å². The van der Waals surface area contributed by atoms with Gasteiger partial charge < -0.3 is 4.74 Å². The standard InChI is InChI=1S/C14H10ClF3N2O4/c15-11-6-9(14(16,17)18)1-4-13(11)24-10-2-3-12(20(21)22)8(5-10)7-23-19/h1-6H,7,19H2. The van der Waals surface area contributed by atoms with Gasteiger partial charge in [0.15, 0.2) is 0 Å². The summed E-state index contributed by atoms with van der Waals surface area (Å²) >= 11 is 5.79. The third kappa shape index (κ3) is 4.13. The second-order valence-corrected chi connectivity index (χ2v) is 5.01. The molecular formula is C14H10ClF3N2O4. The van der Waals surface area contributed by atoms with Crippen LogP contribution in [0.25, 0.3) is 0 Å². The Bertz CT molecular complexity index is 768. The number of alkyl halides is 3. The molecule has 2 rings (SSSR count). The molecule has 0 aliphatic rings. The molecule has 6 nitrogen and oxygen atoms in total. The zero-order valence-electron chi connectivity index (χ0n) is 11.8. The van der Waals surface area contributed by atoms with Crippen LogP contribution in [0.2, 0.25) is 5.02 Å². The van der Waals surface area contributed by atoms with E-state index in [1.807, 2.05) is 0 Å². The van der Waals surface area contributed by atoms with Crippen LogP contribution in [-0.2, 0) is 17.6 Å². The first-order valence-electron chi connectivity index (χ1n) is 6.36. The zero-order valence-corrected chi connectivity index (χ0v) is 12.6. The zero-order chi connectivity index (χ0) is 17.9. The molecule has 0 saturated heterocycles. The number of nitrogens with two attached hydrogens (primary N) is 1. The van der Waals surface area contributed by atoms with Gasteiger partial charge in [-0.3, -0.25) is 15.0 Å². The predicted molar refractivity (Wildman–Crippen MR) is 78.6 cm³/mol. The molecule has 0 aromatic heterocycles. The van der Waals surface area contributed by atoms with Crippen molar-refractivity contribution >= 4 is 17.3 Å². The molecule has 0 unspecified atom stereocenters. The Morgan fingerprint density at radius 2 is 1.92 bits per heavy atom. The van der Waals surface area contributed by atoms with E-state index < -0.39 is 16.7 Å². The van der Waals surface area contributed by atoms with Gasteiger partial charge in [-0.05, 0) is 30.3 Å². The average Bonchev–Trinajstić information content (AvgIpc) is 2.48. The molecule has 0 fully saturated rings. The molecule has 0 amide bonds. The third-order valence-electron chi connectivity index (χ3n) is 2.97. The van der Waals surface area contributed by atoms with Crippen molar-refractivity contribution in [2.24, 2.45) is 5.90 Å². The van der Waals surface area contributed by atoms with E-state index in [4.69, 9.17) is 22.2 Å². The second-order valence-electron chi connectivity index (χ2n) is 4.60. The lowest BCUT2D eigenvalue weighted by atomic mass is 10.2. The third-order valence-corrected chi connectivity index (χ3v) is 3.27.